The third-order valence-corrected chi connectivity index (χ3v) is 9.66. The lowest BCUT2D eigenvalue weighted by Crippen LogP contribution is -2.67. The number of nitrogens with two attached hydrogens (primary N) is 1. The molecule has 0 spiro atoms. The highest BCUT2D eigenvalue weighted by atomic mass is 16.6. The van der Waals surface area contributed by atoms with Crippen LogP contribution >= 0.6 is 0 Å². The molecule has 2 amide bonds. The minimum Gasteiger partial charge on any atom is -0.497 e. The number of aromatic nitrogens is 1. The van der Waals surface area contributed by atoms with Gasteiger partial charge in [-0.3, -0.25) is 9.59 Å². The molecule has 1 aliphatic heterocycles. The lowest BCUT2D eigenvalue weighted by atomic mass is 9.85. The van der Waals surface area contributed by atoms with Crippen molar-refractivity contribution < 1.29 is 38.1 Å². The van der Waals surface area contributed by atoms with Gasteiger partial charge in [-0.25, -0.2) is 14.6 Å². The number of esters is 2. The summed E-state index contributed by atoms with van der Waals surface area (Å²) in [5.74, 6) is -2.45. The number of pyridine rings is 1. The predicted octanol–water partition coefficient (Wildman–Crippen LogP) is 4.41. The van der Waals surface area contributed by atoms with Crippen LogP contribution in [0.2, 0.25) is 0 Å². The van der Waals surface area contributed by atoms with Gasteiger partial charge in [0.2, 0.25) is 5.91 Å². The van der Waals surface area contributed by atoms with Gasteiger partial charge in [0.05, 0.1) is 32.0 Å². The number of nitrogens with one attached hydrogen (secondary N) is 1. The Bertz CT molecular complexity index is 1770. The number of hydrogen-bond donors (Lipinski definition) is 2. The van der Waals surface area contributed by atoms with Gasteiger partial charge in [0, 0.05) is 29.5 Å². The van der Waals surface area contributed by atoms with Gasteiger partial charge in [0.15, 0.2) is 5.54 Å². The van der Waals surface area contributed by atoms with E-state index in [4.69, 9.17) is 29.7 Å². The lowest BCUT2D eigenvalue weighted by Gasteiger charge is -2.37. The Labute approximate surface area is 293 Å². The summed E-state index contributed by atoms with van der Waals surface area (Å²) in [6, 6.07) is 15.8. The van der Waals surface area contributed by atoms with Crippen LogP contribution in [0, 0.1) is 11.8 Å². The molecule has 2 fully saturated rings. The highest BCUT2D eigenvalue weighted by Crippen LogP contribution is 2.47. The van der Waals surface area contributed by atoms with E-state index in [-0.39, 0.29) is 18.9 Å². The van der Waals surface area contributed by atoms with Gasteiger partial charge < -0.3 is 34.9 Å². The number of carbonyl (C=O) groups is 4. The number of rotatable bonds is 11. The molecule has 1 saturated carbocycles. The number of hydrogen-bond acceptors (Lipinski definition) is 10. The largest absolute Gasteiger partial charge is 0.497 e. The van der Waals surface area contributed by atoms with Crippen molar-refractivity contribution in [2.45, 2.75) is 89.6 Å². The zero-order valence-corrected chi connectivity index (χ0v) is 30.1. The first kappa shape index (κ1) is 36.6. The summed E-state index contributed by atoms with van der Waals surface area (Å²) in [5, 5.41) is 3.61. The van der Waals surface area contributed by atoms with E-state index in [1.165, 1.54) is 12.0 Å². The van der Waals surface area contributed by atoms with Gasteiger partial charge in [-0.1, -0.05) is 57.5 Å². The summed E-state index contributed by atoms with van der Waals surface area (Å²) in [6.45, 7) is 10.3. The number of benzene rings is 2. The molecular weight excluding hydrogens is 640 g/mol. The van der Waals surface area contributed by atoms with Crippen LogP contribution in [0.3, 0.4) is 0 Å². The molecule has 1 saturated heterocycles. The molecule has 2 heterocycles. The molecule has 0 bridgehead atoms. The molecule has 1 aliphatic carbocycles. The van der Waals surface area contributed by atoms with Gasteiger partial charge in [-0.15, -0.1) is 0 Å². The second kappa shape index (κ2) is 13.9. The number of nitrogens with zero attached hydrogens (tertiary/aromatic N) is 2. The smallest absolute Gasteiger partial charge is 0.336 e. The van der Waals surface area contributed by atoms with E-state index in [0.717, 1.165) is 5.56 Å². The number of methoxy groups -OCH3 is 2. The minimum atomic E-state index is -2.10. The normalized spacial score (nSPS) is 22.8. The molecule has 3 aromatic rings. The fourth-order valence-corrected chi connectivity index (χ4v) is 6.62. The highest BCUT2D eigenvalue weighted by molar-refractivity contribution is 6.09. The SMILES string of the molecule is CCC1CC1(NC(=O)C1CC(Oc2cc(-c3ccccc3)nc3cc(OC)ccc23)CN1C(=O)C(N)(C(=O)OC(C)(C)C)C(C)C)C(=O)OC. The minimum absolute atomic E-state index is 0.0611. The summed E-state index contributed by atoms with van der Waals surface area (Å²) in [4.78, 5) is 61.3. The van der Waals surface area contributed by atoms with Crippen LogP contribution < -0.4 is 20.5 Å². The Balaban J connectivity index is 1.54. The summed E-state index contributed by atoms with van der Waals surface area (Å²) < 4.78 is 22.8. The van der Waals surface area contributed by atoms with Gasteiger partial charge in [-0.05, 0) is 51.2 Å². The Morgan fingerprint density at radius 1 is 1.06 bits per heavy atom. The van der Waals surface area contributed by atoms with Crippen LogP contribution in [0.5, 0.6) is 11.5 Å². The Morgan fingerprint density at radius 3 is 2.34 bits per heavy atom. The van der Waals surface area contributed by atoms with Crippen molar-refractivity contribution in [1.82, 2.24) is 15.2 Å². The van der Waals surface area contributed by atoms with E-state index < -0.39 is 58.5 Å². The van der Waals surface area contributed by atoms with E-state index in [9.17, 15) is 19.2 Å². The van der Waals surface area contributed by atoms with Crippen molar-refractivity contribution in [2.75, 3.05) is 20.8 Å². The van der Waals surface area contributed by atoms with E-state index in [2.05, 4.69) is 5.32 Å². The number of ether oxygens (including phenoxy) is 4. The molecule has 0 radical (unpaired) electrons. The molecule has 3 N–H and O–H groups in total. The van der Waals surface area contributed by atoms with Crippen LogP contribution in [0.1, 0.15) is 60.8 Å². The van der Waals surface area contributed by atoms with Crippen molar-refractivity contribution >= 4 is 34.7 Å². The van der Waals surface area contributed by atoms with Gasteiger partial charge in [0.1, 0.15) is 34.8 Å². The highest BCUT2D eigenvalue weighted by Gasteiger charge is 2.62. The van der Waals surface area contributed by atoms with Gasteiger partial charge >= 0.3 is 11.9 Å². The zero-order chi connectivity index (χ0) is 36.6. The summed E-state index contributed by atoms with van der Waals surface area (Å²) in [7, 11) is 2.86. The molecule has 12 heteroatoms. The van der Waals surface area contributed by atoms with Crippen LogP contribution in [0.15, 0.2) is 54.6 Å². The predicted molar refractivity (Wildman–Crippen MR) is 187 cm³/mol. The van der Waals surface area contributed by atoms with Gasteiger partial charge in [0.25, 0.3) is 5.91 Å². The van der Waals surface area contributed by atoms with Crippen LogP contribution in [-0.4, -0.2) is 83.2 Å². The number of carbonyl (C=O) groups excluding carboxylic acids is 4. The molecule has 2 aliphatic rings. The molecule has 5 unspecified atom stereocenters. The number of amides is 2. The van der Waals surface area contributed by atoms with E-state index in [0.29, 0.717) is 40.9 Å². The van der Waals surface area contributed by atoms with E-state index in [1.807, 2.05) is 55.5 Å². The first-order chi connectivity index (χ1) is 23.6. The van der Waals surface area contributed by atoms with Crippen molar-refractivity contribution in [3.8, 4) is 22.8 Å². The van der Waals surface area contributed by atoms with Gasteiger partial charge in [-0.2, -0.15) is 0 Å². The van der Waals surface area contributed by atoms with Crippen LogP contribution in [0.4, 0.5) is 0 Å². The number of fused-ring (bicyclic) bond motifs is 1. The Kier molecular flexibility index (Phi) is 10.2. The summed E-state index contributed by atoms with van der Waals surface area (Å²) >= 11 is 0. The Hall–Kier alpha value is -4.71. The maximum atomic E-state index is 14.5. The van der Waals surface area contributed by atoms with Crippen LogP contribution in [0.25, 0.3) is 22.2 Å². The van der Waals surface area contributed by atoms with Crippen molar-refractivity contribution in [2.24, 2.45) is 17.6 Å². The first-order valence-electron chi connectivity index (χ1n) is 17.0. The van der Waals surface area contributed by atoms with E-state index in [1.54, 1.807) is 47.8 Å². The standard InChI is InChI=1S/C38H48N4O8/c1-9-24-20-37(24,34(45)48-8)41-32(43)30-18-26(21-42(30)33(44)38(39,22(2)3)35(46)50-36(4,5)6)49-31-19-28(23-13-11-10-12-14-23)40-29-17-25(47-7)15-16-27(29)31/h10-17,19,22,24,26,30H,9,18,20-21,39H2,1-8H3,(H,41,43). The Morgan fingerprint density at radius 2 is 1.76 bits per heavy atom. The van der Waals surface area contributed by atoms with E-state index >= 15 is 0 Å². The molecule has 1 aromatic heterocycles. The fraction of sp³-hybridized carbons (Fsp3) is 0.500. The van der Waals surface area contributed by atoms with Crippen molar-refractivity contribution in [3.05, 3.63) is 54.6 Å². The zero-order valence-electron chi connectivity index (χ0n) is 30.1. The van der Waals surface area contributed by atoms with Crippen LogP contribution in [-0.2, 0) is 28.7 Å². The molecular formula is C38H48N4O8. The lowest BCUT2D eigenvalue weighted by molar-refractivity contribution is -0.170. The summed E-state index contributed by atoms with van der Waals surface area (Å²) in [6.07, 6.45) is 0.434. The second-order valence-corrected chi connectivity index (χ2v) is 14.5. The number of likely N-dealkylation sites (tertiary alicyclic amines) is 1. The third kappa shape index (κ3) is 6.98. The molecule has 50 heavy (non-hydrogen) atoms. The molecule has 5 rings (SSSR count). The topological polar surface area (TPSA) is 159 Å². The molecule has 12 nitrogen and oxygen atoms in total. The molecule has 268 valence electrons. The monoisotopic (exact) mass is 688 g/mol. The second-order valence-electron chi connectivity index (χ2n) is 14.5. The quantitative estimate of drug-likeness (QED) is 0.218. The van der Waals surface area contributed by atoms with Crippen molar-refractivity contribution in [1.29, 1.82) is 0 Å². The third-order valence-electron chi connectivity index (χ3n) is 9.66. The maximum Gasteiger partial charge on any atom is 0.336 e. The molecule has 2 aromatic carbocycles. The van der Waals surface area contributed by atoms with Crippen molar-refractivity contribution in [3.63, 3.8) is 0 Å². The average Bonchev–Trinajstić information content (AvgIpc) is 3.64. The summed E-state index contributed by atoms with van der Waals surface area (Å²) in [5.41, 5.74) is 4.63. The fourth-order valence-electron chi connectivity index (χ4n) is 6.62. The average molecular weight is 689 g/mol. The first-order valence-corrected chi connectivity index (χ1v) is 17.0. The molecule has 5 atom stereocenters. The maximum absolute atomic E-state index is 14.5.